The molecule has 172 valence electrons. The third-order valence-corrected chi connectivity index (χ3v) is 6.30. The van der Waals surface area contributed by atoms with Crippen LogP contribution in [0.1, 0.15) is 167 Å². The van der Waals surface area contributed by atoms with E-state index in [0.29, 0.717) is 0 Å². The van der Waals surface area contributed by atoms with Crippen LogP contribution in [0.3, 0.4) is 0 Å². The summed E-state index contributed by atoms with van der Waals surface area (Å²) in [4.78, 5) is 0. The molecule has 0 atom stereocenters. The highest BCUT2D eigenvalue weighted by atomic mass is 14.3. The number of unbranched alkanes of at least 4 members (excludes halogenated alkanes) is 24. The molecule has 0 saturated heterocycles. The predicted molar refractivity (Wildman–Crippen MR) is 133 cm³/mol. The Morgan fingerprint density at radius 3 is 0.897 bits per heavy atom. The van der Waals surface area contributed by atoms with Crippen molar-refractivity contribution >= 4 is 5.87 Å². The van der Waals surface area contributed by atoms with E-state index in [0.717, 1.165) is 6.42 Å². The van der Waals surface area contributed by atoms with Crippen LogP contribution in [0.2, 0.25) is 0 Å². The van der Waals surface area contributed by atoms with E-state index < -0.39 is 0 Å². The van der Waals surface area contributed by atoms with Crippen LogP contribution in [0.4, 0.5) is 0 Å². The van der Waals surface area contributed by atoms with Crippen LogP contribution in [-0.2, 0) is 0 Å². The fourth-order valence-electron chi connectivity index (χ4n) is 4.28. The topological polar surface area (TPSA) is 23.9 Å². The van der Waals surface area contributed by atoms with Crippen molar-refractivity contribution < 1.29 is 0 Å². The second kappa shape index (κ2) is 27.5. The van der Waals surface area contributed by atoms with Gasteiger partial charge in [-0.2, -0.15) is 0 Å². The van der Waals surface area contributed by atoms with Gasteiger partial charge in [-0.3, -0.25) is 5.41 Å². The minimum atomic E-state index is 1.04. The molecule has 29 heavy (non-hydrogen) atoms. The molecule has 1 heteroatoms. The Morgan fingerprint density at radius 2 is 0.655 bits per heavy atom. The average Bonchev–Trinajstić information content (AvgIpc) is 2.74. The lowest BCUT2D eigenvalue weighted by atomic mass is 10.0. The Labute approximate surface area is 185 Å². The van der Waals surface area contributed by atoms with Gasteiger partial charge in [-0.15, -0.1) is 0 Å². The zero-order valence-electron chi connectivity index (χ0n) is 20.3. The Hall–Kier alpha value is -0.550. The first-order chi connectivity index (χ1) is 14.4. The van der Waals surface area contributed by atoms with Crippen molar-refractivity contribution in [2.75, 3.05) is 0 Å². The van der Waals surface area contributed by atoms with Gasteiger partial charge in [-0.05, 0) is 24.8 Å². The fourth-order valence-corrected chi connectivity index (χ4v) is 4.28. The Kier molecular flexibility index (Phi) is 26.9. The number of hydrogen-bond acceptors (Lipinski definition) is 1. The van der Waals surface area contributed by atoms with Gasteiger partial charge in [-0.25, -0.2) is 0 Å². The van der Waals surface area contributed by atoms with E-state index in [1.54, 1.807) is 0 Å². The first-order valence-corrected chi connectivity index (χ1v) is 13.7. The molecular weight excluding hydrogens is 350 g/mol. The zero-order valence-corrected chi connectivity index (χ0v) is 20.3. The summed E-state index contributed by atoms with van der Waals surface area (Å²) in [5, 5.41) is 6.83. The van der Waals surface area contributed by atoms with Gasteiger partial charge < -0.3 is 0 Å². The number of nitrogens with one attached hydrogen (secondary N) is 1. The Bertz CT molecular complexity index is 329. The van der Waals surface area contributed by atoms with Gasteiger partial charge in [0.15, 0.2) is 0 Å². The molecular formula is C28H55N. The van der Waals surface area contributed by atoms with E-state index in [1.165, 1.54) is 154 Å². The zero-order chi connectivity index (χ0) is 21.1. The van der Waals surface area contributed by atoms with Crippen molar-refractivity contribution in [2.45, 2.75) is 167 Å². The summed E-state index contributed by atoms with van der Waals surface area (Å²) < 4.78 is 0. The highest BCUT2D eigenvalue weighted by Crippen LogP contribution is 2.15. The Morgan fingerprint density at radius 1 is 0.414 bits per heavy atom. The largest absolute Gasteiger partial charge is 0.259 e. The van der Waals surface area contributed by atoms with E-state index in [4.69, 9.17) is 5.41 Å². The standard InChI is InChI=1S/C28H55N/c1-2-3-4-5-6-7-8-9-10-11-12-13-14-15-16-17-18-19-20-21-22-23-24-25-26-27-28-29/h27,29H,2-26H2,1H3. The minimum absolute atomic E-state index is 1.04. The van der Waals surface area contributed by atoms with Crippen LogP contribution in [-0.4, -0.2) is 5.87 Å². The predicted octanol–water partition coefficient (Wildman–Crippen LogP) is 10.6. The molecule has 0 heterocycles. The summed E-state index contributed by atoms with van der Waals surface area (Å²) in [5.74, 6) is 2.36. The first kappa shape index (κ1) is 28.5. The molecule has 0 spiro atoms. The van der Waals surface area contributed by atoms with E-state index >= 15 is 0 Å². The summed E-state index contributed by atoms with van der Waals surface area (Å²) in [6.45, 7) is 2.30. The van der Waals surface area contributed by atoms with Gasteiger partial charge in [0.05, 0.1) is 0 Å². The molecule has 1 nitrogen and oxygen atoms in total. The summed E-state index contributed by atoms with van der Waals surface area (Å²) in [7, 11) is 0. The maximum atomic E-state index is 6.83. The van der Waals surface area contributed by atoms with Crippen LogP contribution in [0, 0.1) is 5.41 Å². The number of allylic oxidation sites excluding steroid dienone is 1. The normalized spacial score (nSPS) is 10.9. The van der Waals surface area contributed by atoms with Crippen molar-refractivity contribution in [1.29, 1.82) is 5.41 Å². The lowest BCUT2D eigenvalue weighted by molar-refractivity contribution is 0.517. The van der Waals surface area contributed by atoms with Gasteiger partial charge in [0.1, 0.15) is 0 Å². The third-order valence-electron chi connectivity index (χ3n) is 6.30. The van der Waals surface area contributed by atoms with Gasteiger partial charge in [0, 0.05) is 0 Å². The summed E-state index contributed by atoms with van der Waals surface area (Å²) in [6, 6.07) is 0. The fraction of sp³-hybridized carbons (Fsp3) is 0.929. The molecule has 0 fully saturated rings. The second-order valence-corrected chi connectivity index (χ2v) is 9.27. The molecule has 0 saturated carbocycles. The van der Waals surface area contributed by atoms with E-state index in [9.17, 15) is 0 Å². The maximum Gasteiger partial charge on any atom is -0.0234 e. The van der Waals surface area contributed by atoms with Crippen molar-refractivity contribution in [3.63, 3.8) is 0 Å². The van der Waals surface area contributed by atoms with Crippen LogP contribution in [0.15, 0.2) is 6.08 Å². The van der Waals surface area contributed by atoms with Crippen LogP contribution in [0.25, 0.3) is 0 Å². The molecule has 1 N–H and O–H groups in total. The van der Waals surface area contributed by atoms with Crippen LogP contribution in [0.5, 0.6) is 0 Å². The van der Waals surface area contributed by atoms with Gasteiger partial charge in [0.25, 0.3) is 0 Å². The second-order valence-electron chi connectivity index (χ2n) is 9.27. The molecule has 0 aromatic carbocycles. The third kappa shape index (κ3) is 27.4. The monoisotopic (exact) mass is 405 g/mol. The van der Waals surface area contributed by atoms with Crippen LogP contribution < -0.4 is 0 Å². The van der Waals surface area contributed by atoms with Crippen molar-refractivity contribution in [3.8, 4) is 0 Å². The molecule has 0 unspecified atom stereocenters. The highest BCUT2D eigenvalue weighted by Gasteiger charge is 1.96. The highest BCUT2D eigenvalue weighted by molar-refractivity contribution is 5.46. The van der Waals surface area contributed by atoms with E-state index in [2.05, 4.69) is 12.8 Å². The summed E-state index contributed by atoms with van der Waals surface area (Å²) in [6.07, 6.45) is 37.5. The van der Waals surface area contributed by atoms with Gasteiger partial charge in [-0.1, -0.05) is 155 Å². The minimum Gasteiger partial charge on any atom is -0.259 e. The van der Waals surface area contributed by atoms with Crippen molar-refractivity contribution in [1.82, 2.24) is 0 Å². The molecule has 0 amide bonds. The quantitative estimate of drug-likeness (QED) is 0.115. The molecule has 0 aromatic rings. The van der Waals surface area contributed by atoms with Crippen molar-refractivity contribution in [2.24, 2.45) is 0 Å². The molecule has 0 aliphatic carbocycles. The summed E-state index contributed by atoms with van der Waals surface area (Å²) in [5.41, 5.74) is 0. The van der Waals surface area contributed by atoms with E-state index in [-0.39, 0.29) is 0 Å². The van der Waals surface area contributed by atoms with Crippen LogP contribution >= 0.6 is 0 Å². The lowest BCUT2D eigenvalue weighted by Gasteiger charge is -2.04. The molecule has 0 rings (SSSR count). The molecule has 0 aliphatic heterocycles. The van der Waals surface area contributed by atoms with Gasteiger partial charge in [0.2, 0.25) is 0 Å². The average molecular weight is 406 g/mol. The van der Waals surface area contributed by atoms with E-state index in [1.807, 2.05) is 6.08 Å². The first-order valence-electron chi connectivity index (χ1n) is 13.7. The molecule has 0 radical (unpaired) electrons. The maximum absolute atomic E-state index is 6.83. The molecule has 0 bridgehead atoms. The molecule has 0 aliphatic rings. The SMILES string of the molecule is CCCCCCCCCCCCCCCCCCCCCCCCCCC=C=N. The lowest BCUT2D eigenvalue weighted by Crippen LogP contribution is -1.84. The molecule has 0 aromatic heterocycles. The number of rotatable bonds is 25. The van der Waals surface area contributed by atoms with Crippen molar-refractivity contribution in [3.05, 3.63) is 6.08 Å². The van der Waals surface area contributed by atoms with Gasteiger partial charge >= 0.3 is 0 Å². The summed E-state index contributed by atoms with van der Waals surface area (Å²) >= 11 is 0. The Balaban J connectivity index is 2.99. The number of hydrogen-bond donors (Lipinski definition) is 1. The smallest absolute Gasteiger partial charge is 0.0234 e.